The van der Waals surface area contributed by atoms with Crippen LogP contribution in [0.1, 0.15) is 44.0 Å². The number of nitrogens with zero attached hydrogens (tertiary/aromatic N) is 1. The van der Waals surface area contributed by atoms with Gasteiger partial charge in [0.15, 0.2) is 18.1 Å². The molecule has 0 aliphatic carbocycles. The van der Waals surface area contributed by atoms with Crippen LogP contribution in [0.2, 0.25) is 0 Å². The van der Waals surface area contributed by atoms with Gasteiger partial charge >= 0.3 is 0 Å². The summed E-state index contributed by atoms with van der Waals surface area (Å²) in [5.41, 5.74) is 1.18. The first kappa shape index (κ1) is 24.1. The van der Waals surface area contributed by atoms with E-state index in [1.807, 2.05) is 18.7 Å². The Balaban J connectivity index is 1.98. The smallest absolute Gasteiger partial charge is 0.262 e. The van der Waals surface area contributed by atoms with Crippen molar-refractivity contribution < 1.29 is 23.8 Å². The molecular weight excluding hydrogens is 396 g/mol. The summed E-state index contributed by atoms with van der Waals surface area (Å²) in [7, 11) is 1.51. The van der Waals surface area contributed by atoms with Gasteiger partial charge in [0, 0.05) is 24.3 Å². The zero-order valence-corrected chi connectivity index (χ0v) is 18.8. The minimum atomic E-state index is -0.303. The highest BCUT2D eigenvalue weighted by Gasteiger charge is 2.17. The van der Waals surface area contributed by atoms with Crippen LogP contribution in [0.3, 0.4) is 0 Å². The van der Waals surface area contributed by atoms with E-state index >= 15 is 0 Å². The molecule has 0 saturated carbocycles. The summed E-state index contributed by atoms with van der Waals surface area (Å²) in [6, 6.07) is 12.1. The first-order valence-electron chi connectivity index (χ1n) is 10.6. The van der Waals surface area contributed by atoms with E-state index in [1.165, 1.54) is 7.11 Å². The third kappa shape index (κ3) is 7.20. The third-order valence-electron chi connectivity index (χ3n) is 4.67. The van der Waals surface area contributed by atoms with Gasteiger partial charge in [0.05, 0.1) is 13.7 Å². The van der Waals surface area contributed by atoms with Crippen LogP contribution in [0.25, 0.3) is 0 Å². The van der Waals surface area contributed by atoms with Gasteiger partial charge in [0.1, 0.15) is 5.75 Å². The van der Waals surface area contributed by atoms with Gasteiger partial charge in [-0.2, -0.15) is 0 Å². The quantitative estimate of drug-likeness (QED) is 0.543. The van der Waals surface area contributed by atoms with Crippen molar-refractivity contribution >= 4 is 17.5 Å². The minimum absolute atomic E-state index is 0.0472. The molecule has 168 valence electrons. The Labute approximate surface area is 184 Å². The largest absolute Gasteiger partial charge is 0.494 e. The molecule has 2 aromatic carbocycles. The number of carbonyl (C=O) groups is 2. The maximum absolute atomic E-state index is 12.8. The number of anilines is 1. The Bertz CT molecular complexity index is 852. The molecule has 0 aliphatic heterocycles. The number of nitrogens with one attached hydrogen (secondary N) is 1. The molecule has 0 radical (unpaired) electrons. The van der Waals surface area contributed by atoms with E-state index in [-0.39, 0.29) is 18.4 Å². The molecule has 7 heteroatoms. The third-order valence-corrected chi connectivity index (χ3v) is 4.67. The number of carbonyl (C=O) groups excluding carboxylic acids is 2. The molecule has 0 saturated heterocycles. The van der Waals surface area contributed by atoms with Crippen LogP contribution < -0.4 is 19.5 Å². The van der Waals surface area contributed by atoms with E-state index in [2.05, 4.69) is 12.2 Å². The standard InChI is InChI=1S/C24H32N2O5/c1-5-8-15-26(6-2)24(28)18-9-14-21(22(16-18)29-4)31-17-23(27)25-19-10-12-20(13-11-19)30-7-3/h9-14,16H,5-8,15,17H2,1-4H3,(H,25,27). The second-order valence-corrected chi connectivity index (χ2v) is 6.90. The molecular formula is C24H32N2O5. The lowest BCUT2D eigenvalue weighted by atomic mass is 10.1. The van der Waals surface area contributed by atoms with E-state index in [1.54, 1.807) is 42.5 Å². The summed E-state index contributed by atoms with van der Waals surface area (Å²) in [6.07, 6.45) is 1.99. The van der Waals surface area contributed by atoms with Crippen molar-refractivity contribution in [2.45, 2.75) is 33.6 Å². The number of methoxy groups -OCH3 is 1. The topological polar surface area (TPSA) is 77.1 Å². The maximum Gasteiger partial charge on any atom is 0.262 e. The summed E-state index contributed by atoms with van der Waals surface area (Å²) in [5.74, 6) is 1.20. The number of rotatable bonds is 12. The summed E-state index contributed by atoms with van der Waals surface area (Å²) in [5, 5.41) is 2.77. The zero-order valence-electron chi connectivity index (χ0n) is 18.8. The van der Waals surface area contributed by atoms with Crippen molar-refractivity contribution in [2.24, 2.45) is 0 Å². The molecule has 2 rings (SSSR count). The Kier molecular flexibility index (Phi) is 9.68. The van der Waals surface area contributed by atoms with E-state index in [9.17, 15) is 9.59 Å². The van der Waals surface area contributed by atoms with Crippen molar-refractivity contribution in [2.75, 3.05) is 38.7 Å². The Morgan fingerprint density at radius 1 is 0.968 bits per heavy atom. The highest BCUT2D eigenvalue weighted by atomic mass is 16.5. The molecule has 0 atom stereocenters. The fraction of sp³-hybridized carbons (Fsp3) is 0.417. The fourth-order valence-electron chi connectivity index (χ4n) is 3.00. The number of benzene rings is 2. The minimum Gasteiger partial charge on any atom is -0.494 e. The van der Waals surface area contributed by atoms with Crippen molar-refractivity contribution in [1.82, 2.24) is 4.90 Å². The zero-order chi connectivity index (χ0) is 22.6. The van der Waals surface area contributed by atoms with Gasteiger partial charge in [-0.1, -0.05) is 13.3 Å². The summed E-state index contributed by atoms with van der Waals surface area (Å²) < 4.78 is 16.4. The fourth-order valence-corrected chi connectivity index (χ4v) is 3.00. The second-order valence-electron chi connectivity index (χ2n) is 6.90. The Morgan fingerprint density at radius 3 is 2.32 bits per heavy atom. The van der Waals surface area contributed by atoms with Crippen LogP contribution in [0.5, 0.6) is 17.2 Å². The van der Waals surface area contributed by atoms with Crippen LogP contribution in [0.15, 0.2) is 42.5 Å². The Hall–Kier alpha value is -3.22. The lowest BCUT2D eigenvalue weighted by Gasteiger charge is -2.21. The number of amides is 2. The predicted octanol–water partition coefficient (Wildman–Crippen LogP) is 4.37. The van der Waals surface area contributed by atoms with Gasteiger partial charge in [-0.25, -0.2) is 0 Å². The van der Waals surface area contributed by atoms with Crippen LogP contribution >= 0.6 is 0 Å². The van der Waals surface area contributed by atoms with Crippen molar-refractivity contribution in [3.63, 3.8) is 0 Å². The van der Waals surface area contributed by atoms with Gasteiger partial charge < -0.3 is 24.4 Å². The molecule has 0 fully saturated rings. The van der Waals surface area contributed by atoms with E-state index in [0.29, 0.717) is 35.9 Å². The SMILES string of the molecule is CCCCN(CC)C(=O)c1ccc(OCC(=O)Nc2ccc(OCC)cc2)c(OC)c1. The molecule has 0 heterocycles. The normalized spacial score (nSPS) is 10.3. The van der Waals surface area contributed by atoms with Crippen molar-refractivity contribution in [1.29, 1.82) is 0 Å². The molecule has 0 aromatic heterocycles. The van der Waals surface area contributed by atoms with Gasteiger partial charge in [-0.15, -0.1) is 0 Å². The van der Waals surface area contributed by atoms with Gasteiger partial charge in [0.2, 0.25) is 0 Å². The van der Waals surface area contributed by atoms with Crippen LogP contribution in [0.4, 0.5) is 5.69 Å². The van der Waals surface area contributed by atoms with E-state index < -0.39 is 0 Å². The number of ether oxygens (including phenoxy) is 3. The lowest BCUT2D eigenvalue weighted by Crippen LogP contribution is -2.31. The summed E-state index contributed by atoms with van der Waals surface area (Å²) in [4.78, 5) is 26.8. The highest BCUT2D eigenvalue weighted by molar-refractivity contribution is 5.95. The first-order valence-corrected chi connectivity index (χ1v) is 10.6. The van der Waals surface area contributed by atoms with Crippen LogP contribution in [0, 0.1) is 0 Å². The predicted molar refractivity (Wildman–Crippen MR) is 121 cm³/mol. The van der Waals surface area contributed by atoms with E-state index in [0.717, 1.165) is 25.1 Å². The average Bonchev–Trinajstić information content (AvgIpc) is 2.79. The molecule has 0 spiro atoms. The Morgan fingerprint density at radius 2 is 1.71 bits per heavy atom. The molecule has 2 amide bonds. The second kappa shape index (κ2) is 12.5. The van der Waals surface area contributed by atoms with Crippen molar-refractivity contribution in [3.8, 4) is 17.2 Å². The van der Waals surface area contributed by atoms with Gasteiger partial charge in [-0.05, 0) is 62.7 Å². The molecule has 0 unspecified atom stereocenters. The molecule has 7 nitrogen and oxygen atoms in total. The highest BCUT2D eigenvalue weighted by Crippen LogP contribution is 2.28. The average molecular weight is 429 g/mol. The first-order chi connectivity index (χ1) is 15.0. The number of hydrogen-bond donors (Lipinski definition) is 1. The van der Waals surface area contributed by atoms with Crippen LogP contribution in [-0.4, -0.2) is 50.1 Å². The number of hydrogen-bond acceptors (Lipinski definition) is 5. The molecule has 1 N–H and O–H groups in total. The molecule has 31 heavy (non-hydrogen) atoms. The summed E-state index contributed by atoms with van der Waals surface area (Å²) >= 11 is 0. The lowest BCUT2D eigenvalue weighted by molar-refractivity contribution is -0.118. The maximum atomic E-state index is 12.8. The van der Waals surface area contributed by atoms with Crippen LogP contribution in [-0.2, 0) is 4.79 Å². The van der Waals surface area contributed by atoms with E-state index in [4.69, 9.17) is 14.2 Å². The molecule has 2 aromatic rings. The molecule has 0 aliphatic rings. The van der Waals surface area contributed by atoms with Crippen molar-refractivity contribution in [3.05, 3.63) is 48.0 Å². The molecule has 0 bridgehead atoms. The van der Waals surface area contributed by atoms with Gasteiger partial charge in [-0.3, -0.25) is 9.59 Å². The van der Waals surface area contributed by atoms with Gasteiger partial charge in [0.25, 0.3) is 11.8 Å². The summed E-state index contributed by atoms with van der Waals surface area (Å²) in [6.45, 7) is 7.74. The monoisotopic (exact) mass is 428 g/mol. The number of unbranched alkanes of at least 4 members (excludes halogenated alkanes) is 1.